The SMILES string of the molecule is CN(C)S(=O)(=O)c1ccc(Cl)c(C(=O)N2CCO[C@@H](c3ccccc3)C2)c1. The van der Waals surface area contributed by atoms with Crippen molar-refractivity contribution in [3.05, 3.63) is 64.7 Å². The maximum atomic E-state index is 13.0. The first-order valence-electron chi connectivity index (χ1n) is 8.48. The second-order valence-corrected chi connectivity index (χ2v) is 9.01. The lowest BCUT2D eigenvalue weighted by molar-refractivity contribution is -0.0228. The molecule has 1 fully saturated rings. The molecular weight excluding hydrogens is 388 g/mol. The highest BCUT2D eigenvalue weighted by molar-refractivity contribution is 7.89. The van der Waals surface area contributed by atoms with Crippen LogP contribution in [0.5, 0.6) is 0 Å². The normalized spacial score (nSPS) is 17.9. The first-order valence-corrected chi connectivity index (χ1v) is 10.3. The molecule has 2 aromatic carbocycles. The summed E-state index contributed by atoms with van der Waals surface area (Å²) in [5.74, 6) is -0.306. The van der Waals surface area contributed by atoms with E-state index in [1.54, 1.807) is 4.90 Å². The Balaban J connectivity index is 1.87. The quantitative estimate of drug-likeness (QED) is 0.780. The Morgan fingerprint density at radius 2 is 1.89 bits per heavy atom. The van der Waals surface area contributed by atoms with Gasteiger partial charge >= 0.3 is 0 Å². The van der Waals surface area contributed by atoms with Gasteiger partial charge in [0.25, 0.3) is 5.91 Å². The maximum Gasteiger partial charge on any atom is 0.255 e. The van der Waals surface area contributed by atoms with E-state index in [1.165, 1.54) is 32.3 Å². The van der Waals surface area contributed by atoms with Crippen LogP contribution in [-0.2, 0) is 14.8 Å². The summed E-state index contributed by atoms with van der Waals surface area (Å²) in [6.45, 7) is 1.20. The van der Waals surface area contributed by atoms with Crippen molar-refractivity contribution in [2.45, 2.75) is 11.0 Å². The van der Waals surface area contributed by atoms with Crippen LogP contribution in [-0.4, -0.2) is 57.3 Å². The standard InChI is InChI=1S/C19H21ClN2O4S/c1-21(2)27(24,25)15-8-9-17(20)16(12-15)19(23)22-10-11-26-18(13-22)14-6-4-3-5-7-14/h3-9,12,18H,10-11,13H2,1-2H3/t18-/m1/s1. The van der Waals surface area contributed by atoms with Crippen LogP contribution in [0.3, 0.4) is 0 Å². The number of ether oxygens (including phenoxy) is 1. The van der Waals surface area contributed by atoms with E-state index in [0.29, 0.717) is 19.7 Å². The number of hydrogen-bond acceptors (Lipinski definition) is 4. The fraction of sp³-hybridized carbons (Fsp3) is 0.316. The number of amides is 1. The van der Waals surface area contributed by atoms with Gasteiger partial charge in [-0.2, -0.15) is 0 Å². The monoisotopic (exact) mass is 408 g/mol. The van der Waals surface area contributed by atoms with Crippen molar-refractivity contribution in [3.8, 4) is 0 Å². The topological polar surface area (TPSA) is 66.9 Å². The van der Waals surface area contributed by atoms with E-state index in [9.17, 15) is 13.2 Å². The second-order valence-electron chi connectivity index (χ2n) is 6.45. The highest BCUT2D eigenvalue weighted by Crippen LogP contribution is 2.27. The molecule has 1 heterocycles. The van der Waals surface area contributed by atoms with Gasteiger partial charge in [0.15, 0.2) is 0 Å². The van der Waals surface area contributed by atoms with Crippen LogP contribution in [0.15, 0.2) is 53.4 Å². The summed E-state index contributed by atoms with van der Waals surface area (Å²) < 4.78 is 31.6. The molecule has 1 atom stereocenters. The molecule has 0 aromatic heterocycles. The van der Waals surface area contributed by atoms with Gasteiger partial charge in [-0.3, -0.25) is 4.79 Å². The highest BCUT2D eigenvalue weighted by atomic mass is 35.5. The van der Waals surface area contributed by atoms with Crippen molar-refractivity contribution in [1.82, 2.24) is 9.21 Å². The third-order valence-corrected chi connectivity index (χ3v) is 6.61. The fourth-order valence-corrected chi connectivity index (χ4v) is 4.04. The molecule has 1 aliphatic rings. The van der Waals surface area contributed by atoms with Crippen molar-refractivity contribution >= 4 is 27.5 Å². The molecule has 1 saturated heterocycles. The maximum absolute atomic E-state index is 13.0. The molecule has 0 spiro atoms. The molecular formula is C19H21ClN2O4S. The van der Waals surface area contributed by atoms with Crippen molar-refractivity contribution in [2.24, 2.45) is 0 Å². The lowest BCUT2D eigenvalue weighted by Crippen LogP contribution is -2.42. The van der Waals surface area contributed by atoms with Gasteiger partial charge in [0.1, 0.15) is 6.10 Å². The first-order chi connectivity index (χ1) is 12.8. The second kappa shape index (κ2) is 7.98. The number of carbonyl (C=O) groups excluding carboxylic acids is 1. The minimum Gasteiger partial charge on any atom is -0.370 e. The molecule has 3 rings (SSSR count). The van der Waals surface area contributed by atoms with Gasteiger partial charge < -0.3 is 9.64 Å². The molecule has 0 unspecified atom stereocenters. The zero-order valence-corrected chi connectivity index (χ0v) is 16.7. The lowest BCUT2D eigenvalue weighted by Gasteiger charge is -2.33. The van der Waals surface area contributed by atoms with Gasteiger partial charge in [-0.05, 0) is 23.8 Å². The van der Waals surface area contributed by atoms with Crippen molar-refractivity contribution in [2.75, 3.05) is 33.8 Å². The smallest absolute Gasteiger partial charge is 0.255 e. The fourth-order valence-electron chi connectivity index (χ4n) is 2.91. The summed E-state index contributed by atoms with van der Waals surface area (Å²) >= 11 is 6.21. The minimum absolute atomic E-state index is 0.0353. The lowest BCUT2D eigenvalue weighted by atomic mass is 10.1. The van der Waals surface area contributed by atoms with E-state index in [2.05, 4.69) is 0 Å². The zero-order valence-electron chi connectivity index (χ0n) is 15.1. The predicted octanol–water partition coefficient (Wildman–Crippen LogP) is 2.80. The third kappa shape index (κ3) is 4.16. The third-order valence-electron chi connectivity index (χ3n) is 4.47. The molecule has 27 heavy (non-hydrogen) atoms. The zero-order chi connectivity index (χ0) is 19.6. The molecule has 1 aliphatic heterocycles. The number of rotatable bonds is 4. The number of sulfonamides is 1. The van der Waals surface area contributed by atoms with Crippen molar-refractivity contribution < 1.29 is 17.9 Å². The summed E-state index contributed by atoms with van der Waals surface area (Å²) in [7, 11) is -0.770. The highest BCUT2D eigenvalue weighted by Gasteiger charge is 2.28. The Bertz CT molecular complexity index is 932. The number of hydrogen-bond donors (Lipinski definition) is 0. The summed E-state index contributed by atoms with van der Waals surface area (Å²) in [5.41, 5.74) is 1.17. The van der Waals surface area contributed by atoms with Gasteiger partial charge in [-0.25, -0.2) is 12.7 Å². The Hall–Kier alpha value is -1.93. The molecule has 0 bridgehead atoms. The van der Waals surface area contributed by atoms with Gasteiger partial charge in [0.2, 0.25) is 10.0 Å². The average molecular weight is 409 g/mol. The van der Waals surface area contributed by atoms with Gasteiger partial charge in [0.05, 0.1) is 28.6 Å². The van der Waals surface area contributed by atoms with Crippen molar-refractivity contribution in [3.63, 3.8) is 0 Å². The van der Waals surface area contributed by atoms with E-state index in [-0.39, 0.29) is 27.5 Å². The van der Waals surface area contributed by atoms with Crippen LogP contribution in [0, 0.1) is 0 Å². The first kappa shape index (κ1) is 19.8. The van der Waals surface area contributed by atoms with E-state index >= 15 is 0 Å². The van der Waals surface area contributed by atoms with E-state index < -0.39 is 10.0 Å². The number of carbonyl (C=O) groups is 1. The molecule has 2 aromatic rings. The molecule has 0 saturated carbocycles. The molecule has 0 aliphatic carbocycles. The van der Waals surface area contributed by atoms with Crippen LogP contribution in [0.25, 0.3) is 0 Å². The molecule has 0 radical (unpaired) electrons. The Kier molecular flexibility index (Phi) is 5.86. The number of benzene rings is 2. The van der Waals surface area contributed by atoms with Crippen LogP contribution < -0.4 is 0 Å². The summed E-state index contributed by atoms with van der Waals surface area (Å²) in [5, 5.41) is 0.223. The van der Waals surface area contributed by atoms with Crippen LogP contribution in [0.2, 0.25) is 5.02 Å². The van der Waals surface area contributed by atoms with Crippen molar-refractivity contribution in [1.29, 1.82) is 0 Å². The summed E-state index contributed by atoms with van der Waals surface area (Å²) in [6.07, 6.45) is -0.226. The molecule has 8 heteroatoms. The number of nitrogens with zero attached hydrogens (tertiary/aromatic N) is 2. The van der Waals surface area contributed by atoms with Crippen LogP contribution >= 0.6 is 11.6 Å². The summed E-state index contributed by atoms with van der Waals surface area (Å²) in [4.78, 5) is 14.7. The number of halogens is 1. The minimum atomic E-state index is -3.65. The number of morpholine rings is 1. The average Bonchev–Trinajstić information content (AvgIpc) is 2.68. The van der Waals surface area contributed by atoms with E-state index in [0.717, 1.165) is 9.87 Å². The Morgan fingerprint density at radius 3 is 2.56 bits per heavy atom. The Labute approximate surface area is 164 Å². The van der Waals surface area contributed by atoms with E-state index in [4.69, 9.17) is 16.3 Å². The summed E-state index contributed by atoms with van der Waals surface area (Å²) in [6, 6.07) is 13.9. The Morgan fingerprint density at radius 1 is 1.19 bits per heavy atom. The molecule has 0 N–H and O–H groups in total. The molecule has 1 amide bonds. The predicted molar refractivity (Wildman–Crippen MR) is 103 cm³/mol. The van der Waals surface area contributed by atoms with Crippen LogP contribution in [0.4, 0.5) is 0 Å². The van der Waals surface area contributed by atoms with Gasteiger partial charge in [-0.15, -0.1) is 0 Å². The van der Waals surface area contributed by atoms with Gasteiger partial charge in [0, 0.05) is 20.6 Å². The van der Waals surface area contributed by atoms with E-state index in [1.807, 2.05) is 30.3 Å². The molecule has 144 valence electrons. The largest absolute Gasteiger partial charge is 0.370 e. The van der Waals surface area contributed by atoms with Crippen LogP contribution in [0.1, 0.15) is 22.0 Å². The van der Waals surface area contributed by atoms with Gasteiger partial charge in [-0.1, -0.05) is 41.9 Å². The molecule has 6 nitrogen and oxygen atoms in total.